The number of aromatic nitrogens is 2. The van der Waals surface area contributed by atoms with Gasteiger partial charge in [-0.25, -0.2) is 0 Å². The SMILES string of the molecule is N#CC1=C(c2ccccc2)Nc2[nH]ncc2C1c1cccc2c1OCCC2. The first-order valence-electron chi connectivity index (χ1n) is 9.11. The number of allylic oxidation sites excluding steroid dienone is 1. The molecule has 0 saturated carbocycles. The molecule has 5 rings (SSSR count). The lowest BCUT2D eigenvalue weighted by molar-refractivity contribution is 0.285. The van der Waals surface area contributed by atoms with Crippen LogP contribution < -0.4 is 10.1 Å². The molecule has 3 heterocycles. The van der Waals surface area contributed by atoms with Crippen molar-refractivity contribution in [3.05, 3.63) is 82.6 Å². The van der Waals surface area contributed by atoms with Crippen LogP contribution in [0.25, 0.3) is 5.70 Å². The van der Waals surface area contributed by atoms with Gasteiger partial charge in [-0.05, 0) is 24.0 Å². The van der Waals surface area contributed by atoms with Gasteiger partial charge in [-0.1, -0.05) is 48.5 Å². The van der Waals surface area contributed by atoms with E-state index in [4.69, 9.17) is 4.74 Å². The number of nitrogens with zero attached hydrogens (tertiary/aromatic N) is 2. The number of nitrogens with one attached hydrogen (secondary N) is 2. The summed E-state index contributed by atoms with van der Waals surface area (Å²) in [6.45, 7) is 0.713. The smallest absolute Gasteiger partial charge is 0.130 e. The fourth-order valence-corrected chi connectivity index (χ4v) is 4.02. The van der Waals surface area contributed by atoms with Crippen LogP contribution in [0.1, 0.15) is 34.6 Å². The van der Waals surface area contributed by atoms with Crippen molar-refractivity contribution in [2.75, 3.05) is 11.9 Å². The molecule has 2 N–H and O–H groups in total. The number of para-hydroxylation sites is 1. The highest BCUT2D eigenvalue weighted by Gasteiger charge is 2.34. The Bertz CT molecular complexity index is 1080. The molecule has 0 bridgehead atoms. The van der Waals surface area contributed by atoms with Gasteiger partial charge >= 0.3 is 0 Å². The lowest BCUT2D eigenvalue weighted by Crippen LogP contribution is -2.19. The average molecular weight is 354 g/mol. The van der Waals surface area contributed by atoms with Gasteiger partial charge in [0.25, 0.3) is 0 Å². The minimum absolute atomic E-state index is 0.215. The molecule has 27 heavy (non-hydrogen) atoms. The van der Waals surface area contributed by atoms with Crippen LogP contribution in [0.4, 0.5) is 5.82 Å². The first-order valence-corrected chi connectivity index (χ1v) is 9.11. The molecular formula is C22H18N4O. The van der Waals surface area contributed by atoms with Gasteiger partial charge in [-0.2, -0.15) is 10.4 Å². The summed E-state index contributed by atoms with van der Waals surface area (Å²) in [4.78, 5) is 0. The van der Waals surface area contributed by atoms with E-state index in [9.17, 15) is 5.26 Å². The van der Waals surface area contributed by atoms with E-state index >= 15 is 0 Å². The molecule has 1 atom stereocenters. The van der Waals surface area contributed by atoms with Crippen LogP contribution in [0.15, 0.2) is 60.3 Å². The van der Waals surface area contributed by atoms with Crippen molar-refractivity contribution in [1.29, 1.82) is 5.26 Å². The highest BCUT2D eigenvalue weighted by atomic mass is 16.5. The molecule has 3 aromatic rings. The van der Waals surface area contributed by atoms with Crippen LogP contribution in [0.5, 0.6) is 5.75 Å². The van der Waals surface area contributed by atoms with Gasteiger partial charge in [0.05, 0.1) is 36.1 Å². The lowest BCUT2D eigenvalue weighted by atomic mass is 9.80. The Kier molecular flexibility index (Phi) is 3.68. The number of benzene rings is 2. The van der Waals surface area contributed by atoms with Gasteiger partial charge in [0.15, 0.2) is 0 Å². The van der Waals surface area contributed by atoms with E-state index in [0.717, 1.165) is 46.8 Å². The van der Waals surface area contributed by atoms with E-state index in [1.165, 1.54) is 5.56 Å². The molecule has 2 aliphatic heterocycles. The van der Waals surface area contributed by atoms with E-state index in [0.29, 0.717) is 12.2 Å². The fraction of sp³-hybridized carbons (Fsp3) is 0.182. The second-order valence-corrected chi connectivity index (χ2v) is 6.81. The zero-order chi connectivity index (χ0) is 18.2. The van der Waals surface area contributed by atoms with Crippen molar-refractivity contribution in [3.8, 4) is 11.8 Å². The molecule has 5 heteroatoms. The van der Waals surface area contributed by atoms with Crippen LogP contribution >= 0.6 is 0 Å². The highest BCUT2D eigenvalue weighted by Crippen LogP contribution is 2.47. The number of rotatable bonds is 2. The molecule has 0 saturated heterocycles. The first-order chi connectivity index (χ1) is 13.4. The zero-order valence-corrected chi connectivity index (χ0v) is 14.7. The molecular weight excluding hydrogens is 336 g/mol. The van der Waals surface area contributed by atoms with Crippen molar-refractivity contribution >= 4 is 11.5 Å². The number of aromatic amines is 1. The van der Waals surface area contributed by atoms with Crippen molar-refractivity contribution in [2.24, 2.45) is 0 Å². The van der Waals surface area contributed by atoms with Crippen LogP contribution in [0.2, 0.25) is 0 Å². The van der Waals surface area contributed by atoms with Crippen LogP contribution in [-0.2, 0) is 6.42 Å². The van der Waals surface area contributed by atoms with Crippen LogP contribution in [0.3, 0.4) is 0 Å². The normalized spacial score (nSPS) is 18.0. The number of hydrogen-bond acceptors (Lipinski definition) is 4. The largest absolute Gasteiger partial charge is 0.493 e. The van der Waals surface area contributed by atoms with Crippen molar-refractivity contribution in [3.63, 3.8) is 0 Å². The molecule has 5 nitrogen and oxygen atoms in total. The van der Waals surface area contributed by atoms with E-state index in [2.05, 4.69) is 39.8 Å². The van der Waals surface area contributed by atoms with Gasteiger partial charge in [0, 0.05) is 11.1 Å². The molecule has 0 spiro atoms. The summed E-state index contributed by atoms with van der Waals surface area (Å²) in [5, 5.41) is 20.7. The standard InChI is InChI=1S/C22H18N4O/c23-12-17-19(16-10-4-8-15-9-5-11-27-21(15)16)18-13-24-26-22(18)25-20(17)14-6-2-1-3-7-14/h1-4,6-8,10,13,19H,5,9,11H2,(H2,24,25,26). The maximum Gasteiger partial charge on any atom is 0.130 e. The summed E-state index contributed by atoms with van der Waals surface area (Å²) in [5.41, 5.74) is 5.67. The Morgan fingerprint density at radius 3 is 2.81 bits per heavy atom. The summed E-state index contributed by atoms with van der Waals surface area (Å²) in [6, 6.07) is 18.6. The third-order valence-corrected chi connectivity index (χ3v) is 5.25. The number of nitriles is 1. The fourth-order valence-electron chi connectivity index (χ4n) is 4.02. The number of fused-ring (bicyclic) bond motifs is 2. The molecule has 2 aliphatic rings. The van der Waals surface area contributed by atoms with Gasteiger partial charge in [0.1, 0.15) is 11.6 Å². The Hall–Kier alpha value is -3.52. The van der Waals surface area contributed by atoms with E-state index in [1.807, 2.05) is 30.3 Å². The summed E-state index contributed by atoms with van der Waals surface area (Å²) >= 11 is 0. The number of hydrogen-bond donors (Lipinski definition) is 2. The van der Waals surface area contributed by atoms with E-state index in [-0.39, 0.29) is 5.92 Å². The summed E-state index contributed by atoms with van der Waals surface area (Å²) in [7, 11) is 0. The third kappa shape index (κ3) is 2.49. The second kappa shape index (κ2) is 6.33. The summed E-state index contributed by atoms with van der Waals surface area (Å²) < 4.78 is 6.05. The van der Waals surface area contributed by atoms with Gasteiger partial charge in [-0.3, -0.25) is 5.10 Å². The molecule has 0 radical (unpaired) electrons. The van der Waals surface area contributed by atoms with Crippen molar-refractivity contribution in [1.82, 2.24) is 10.2 Å². The second-order valence-electron chi connectivity index (χ2n) is 6.81. The Morgan fingerprint density at radius 1 is 1.07 bits per heavy atom. The number of ether oxygens (including phenoxy) is 1. The quantitative estimate of drug-likeness (QED) is 0.722. The summed E-state index contributed by atoms with van der Waals surface area (Å²) in [6.07, 6.45) is 3.83. The first kappa shape index (κ1) is 15.7. The molecule has 0 fully saturated rings. The van der Waals surface area contributed by atoms with Crippen LogP contribution in [-0.4, -0.2) is 16.8 Å². The number of H-pyrrole nitrogens is 1. The maximum absolute atomic E-state index is 10.1. The Labute approximate surface area is 157 Å². The van der Waals surface area contributed by atoms with Crippen LogP contribution in [0, 0.1) is 11.3 Å². The lowest BCUT2D eigenvalue weighted by Gasteiger charge is -2.29. The Balaban J connectivity index is 1.75. The molecule has 132 valence electrons. The average Bonchev–Trinajstić information content (AvgIpc) is 3.21. The predicted octanol–water partition coefficient (Wildman–Crippen LogP) is 4.23. The zero-order valence-electron chi connectivity index (χ0n) is 14.7. The van der Waals surface area contributed by atoms with Gasteiger partial charge in [0.2, 0.25) is 0 Å². The van der Waals surface area contributed by atoms with Gasteiger partial charge < -0.3 is 10.1 Å². The number of anilines is 1. The predicted molar refractivity (Wildman–Crippen MR) is 103 cm³/mol. The minimum Gasteiger partial charge on any atom is -0.493 e. The molecule has 0 aliphatic carbocycles. The topological polar surface area (TPSA) is 73.7 Å². The maximum atomic E-state index is 10.1. The van der Waals surface area contributed by atoms with Crippen molar-refractivity contribution in [2.45, 2.75) is 18.8 Å². The highest BCUT2D eigenvalue weighted by molar-refractivity contribution is 5.87. The molecule has 2 aromatic carbocycles. The third-order valence-electron chi connectivity index (χ3n) is 5.25. The van der Waals surface area contributed by atoms with Gasteiger partial charge in [-0.15, -0.1) is 0 Å². The number of aryl methyl sites for hydroxylation is 1. The minimum atomic E-state index is -0.215. The molecule has 1 unspecified atom stereocenters. The Morgan fingerprint density at radius 2 is 1.96 bits per heavy atom. The van der Waals surface area contributed by atoms with E-state index in [1.54, 1.807) is 6.20 Å². The van der Waals surface area contributed by atoms with E-state index < -0.39 is 0 Å². The monoisotopic (exact) mass is 354 g/mol. The van der Waals surface area contributed by atoms with Crippen molar-refractivity contribution < 1.29 is 4.74 Å². The molecule has 1 aromatic heterocycles. The molecule has 0 amide bonds. The summed E-state index contributed by atoms with van der Waals surface area (Å²) in [5.74, 6) is 1.53.